The molecule has 1 aliphatic carbocycles. The van der Waals surface area contributed by atoms with Crippen molar-refractivity contribution in [3.05, 3.63) is 52.7 Å². The predicted molar refractivity (Wildman–Crippen MR) is 117 cm³/mol. The van der Waals surface area contributed by atoms with Gasteiger partial charge in [-0.2, -0.15) is 0 Å². The van der Waals surface area contributed by atoms with Crippen LogP contribution in [-0.2, 0) is 20.0 Å². The number of fused-ring (bicyclic) bond motifs is 3. The van der Waals surface area contributed by atoms with E-state index in [1.54, 1.807) is 26.0 Å². The number of nitrogens with zero attached hydrogens (tertiary/aromatic N) is 1. The Balaban J connectivity index is 1.75. The molecule has 1 aromatic heterocycles. The Morgan fingerprint density at radius 1 is 1.13 bits per heavy atom. The Labute approximate surface area is 178 Å². The molecule has 30 heavy (non-hydrogen) atoms. The molecule has 0 amide bonds. The van der Waals surface area contributed by atoms with Gasteiger partial charge in [0.1, 0.15) is 11.6 Å². The third-order valence-electron chi connectivity index (χ3n) is 4.75. The topological polar surface area (TPSA) is 83.7 Å². The van der Waals surface area contributed by atoms with Crippen LogP contribution in [0.25, 0.3) is 22.4 Å². The minimum atomic E-state index is -3.37. The van der Waals surface area contributed by atoms with Gasteiger partial charge in [0, 0.05) is 16.9 Å². The van der Waals surface area contributed by atoms with Crippen molar-refractivity contribution in [1.29, 1.82) is 0 Å². The number of benzene rings is 2. The second kappa shape index (κ2) is 8.47. The number of halogens is 1. The van der Waals surface area contributed by atoms with Gasteiger partial charge in [0.25, 0.3) is 0 Å². The number of hydrogen-bond acceptors (Lipinski definition) is 7. The number of rotatable bonds is 8. The molecular formula is C21H22FN2O4PS. The van der Waals surface area contributed by atoms with E-state index in [4.69, 9.17) is 19.5 Å². The highest BCUT2D eigenvalue weighted by Gasteiger charge is 2.31. The number of nitrogens with two attached hydrogens (primary N) is 1. The molecule has 4 rings (SSSR count). The second-order valence-corrected chi connectivity index (χ2v) is 9.80. The third-order valence-corrected chi connectivity index (χ3v) is 7.38. The van der Waals surface area contributed by atoms with Crippen molar-refractivity contribution >= 4 is 24.1 Å². The molecule has 2 N–H and O–H groups in total. The first-order chi connectivity index (χ1) is 14.4. The number of nitrogen functional groups attached to an aromatic ring is 1. The molecule has 0 saturated heterocycles. The second-order valence-electron chi connectivity index (χ2n) is 6.69. The highest BCUT2D eigenvalue weighted by Crippen LogP contribution is 2.52. The predicted octanol–water partition coefficient (Wildman–Crippen LogP) is 5.71. The molecule has 0 aliphatic heterocycles. The van der Waals surface area contributed by atoms with Gasteiger partial charge in [-0.1, -0.05) is 18.2 Å². The molecule has 3 aromatic rings. The van der Waals surface area contributed by atoms with Crippen molar-refractivity contribution < 1.29 is 22.7 Å². The Morgan fingerprint density at radius 3 is 2.50 bits per heavy atom. The average Bonchev–Trinajstić information content (AvgIpc) is 3.23. The highest BCUT2D eigenvalue weighted by atomic mass is 32.1. The lowest BCUT2D eigenvalue weighted by molar-refractivity contribution is 0.197. The molecule has 2 aromatic carbocycles. The number of anilines is 1. The minimum absolute atomic E-state index is 0.202. The number of ether oxygens (including phenoxy) is 1. The molecule has 9 heteroatoms. The van der Waals surface area contributed by atoms with Crippen molar-refractivity contribution in [2.75, 3.05) is 25.3 Å². The van der Waals surface area contributed by atoms with Crippen LogP contribution >= 0.6 is 18.9 Å². The van der Waals surface area contributed by atoms with Crippen LogP contribution in [-0.4, -0.2) is 24.5 Å². The molecule has 1 heterocycles. The zero-order chi connectivity index (χ0) is 21.3. The Kier molecular flexibility index (Phi) is 5.93. The standard InChI is InChI=1S/C21H22FN2O4PS/c1-3-27-29(25,28-4-2)12-26-17-10-9-15(13-5-7-14(22)8-6-13)16-11-18-20(19(16)17)24-21(23)30-18/h5-10H,3-4,11-12H2,1-2H3,(H2,23,24). The molecule has 0 fully saturated rings. The molecule has 0 spiro atoms. The van der Waals surface area contributed by atoms with E-state index in [-0.39, 0.29) is 25.4 Å². The molecule has 6 nitrogen and oxygen atoms in total. The number of hydrogen-bond donors (Lipinski definition) is 1. The van der Waals surface area contributed by atoms with Gasteiger partial charge in [0.2, 0.25) is 0 Å². The first-order valence-corrected chi connectivity index (χ1v) is 12.2. The summed E-state index contributed by atoms with van der Waals surface area (Å²) in [7, 11) is -3.37. The van der Waals surface area contributed by atoms with E-state index in [9.17, 15) is 8.96 Å². The molecule has 0 saturated carbocycles. The maximum absolute atomic E-state index is 13.4. The average molecular weight is 448 g/mol. The van der Waals surface area contributed by atoms with Gasteiger partial charge in [-0.3, -0.25) is 4.57 Å². The lowest BCUT2D eigenvalue weighted by Crippen LogP contribution is -2.06. The summed E-state index contributed by atoms with van der Waals surface area (Å²) in [5.41, 5.74) is 10.4. The lowest BCUT2D eigenvalue weighted by Gasteiger charge is -2.19. The van der Waals surface area contributed by atoms with Crippen molar-refractivity contribution in [1.82, 2.24) is 4.98 Å². The van der Waals surface area contributed by atoms with E-state index in [1.165, 1.54) is 23.5 Å². The Bertz CT molecular complexity index is 1110. The smallest absolute Gasteiger partial charge is 0.367 e. The molecular weight excluding hydrogens is 426 g/mol. The Morgan fingerprint density at radius 2 is 1.83 bits per heavy atom. The van der Waals surface area contributed by atoms with Crippen LogP contribution in [0, 0.1) is 5.82 Å². The summed E-state index contributed by atoms with van der Waals surface area (Å²) in [4.78, 5) is 5.53. The first-order valence-electron chi connectivity index (χ1n) is 9.62. The van der Waals surface area contributed by atoms with E-state index in [1.807, 2.05) is 12.1 Å². The zero-order valence-electron chi connectivity index (χ0n) is 16.7. The maximum atomic E-state index is 13.4. The fourth-order valence-corrected chi connectivity index (χ4v) is 5.75. The van der Waals surface area contributed by atoms with Crippen molar-refractivity contribution in [2.45, 2.75) is 20.3 Å². The first kappa shape index (κ1) is 21.0. The summed E-state index contributed by atoms with van der Waals surface area (Å²) in [6.45, 7) is 4.03. The van der Waals surface area contributed by atoms with E-state index >= 15 is 0 Å². The third kappa shape index (κ3) is 4.01. The summed E-state index contributed by atoms with van der Waals surface area (Å²) in [6.07, 6.45) is 0.448. The maximum Gasteiger partial charge on any atom is 0.367 e. The molecule has 1 aliphatic rings. The van der Waals surface area contributed by atoms with E-state index < -0.39 is 7.60 Å². The van der Waals surface area contributed by atoms with Gasteiger partial charge < -0.3 is 19.5 Å². The van der Waals surface area contributed by atoms with Gasteiger partial charge in [0.05, 0.1) is 18.9 Å². The SMILES string of the molecule is CCOP(=O)(COc1ccc(-c2ccc(F)cc2)c2c1-c1nc(N)sc1C2)OCC. The summed E-state index contributed by atoms with van der Waals surface area (Å²) in [6, 6.07) is 10.1. The van der Waals surface area contributed by atoms with E-state index in [0.29, 0.717) is 17.3 Å². The van der Waals surface area contributed by atoms with Gasteiger partial charge in [0.15, 0.2) is 11.5 Å². The van der Waals surface area contributed by atoms with Crippen LogP contribution in [0.15, 0.2) is 36.4 Å². The molecule has 0 atom stereocenters. The molecule has 0 radical (unpaired) electrons. The fourth-order valence-electron chi connectivity index (χ4n) is 3.59. The fraction of sp³-hybridized carbons (Fsp3) is 0.286. The number of thiazole rings is 1. The zero-order valence-corrected chi connectivity index (χ0v) is 18.4. The van der Waals surface area contributed by atoms with Crippen molar-refractivity contribution in [2.24, 2.45) is 0 Å². The minimum Gasteiger partial charge on any atom is -0.480 e. The highest BCUT2D eigenvalue weighted by molar-refractivity contribution is 7.53. The van der Waals surface area contributed by atoms with Crippen molar-refractivity contribution in [3.63, 3.8) is 0 Å². The van der Waals surface area contributed by atoms with Crippen LogP contribution in [0.1, 0.15) is 24.3 Å². The van der Waals surface area contributed by atoms with Crippen LogP contribution in [0.3, 0.4) is 0 Å². The van der Waals surface area contributed by atoms with Crippen molar-refractivity contribution in [3.8, 4) is 28.1 Å². The summed E-state index contributed by atoms with van der Waals surface area (Å²) < 4.78 is 42.8. The molecule has 0 bridgehead atoms. The largest absolute Gasteiger partial charge is 0.480 e. The summed E-state index contributed by atoms with van der Waals surface area (Å²) in [5.74, 6) is 0.256. The van der Waals surface area contributed by atoms with Gasteiger partial charge in [-0.15, -0.1) is 11.3 Å². The summed E-state index contributed by atoms with van der Waals surface area (Å²) >= 11 is 1.44. The van der Waals surface area contributed by atoms with Crippen LogP contribution in [0.4, 0.5) is 9.52 Å². The van der Waals surface area contributed by atoms with E-state index in [0.717, 1.165) is 32.8 Å². The van der Waals surface area contributed by atoms with E-state index in [2.05, 4.69) is 4.98 Å². The van der Waals surface area contributed by atoms with Crippen LogP contribution in [0.5, 0.6) is 5.75 Å². The lowest BCUT2D eigenvalue weighted by atomic mass is 9.95. The van der Waals surface area contributed by atoms with Gasteiger partial charge in [-0.25, -0.2) is 9.37 Å². The monoisotopic (exact) mass is 448 g/mol. The Hall–Kier alpha value is -2.25. The van der Waals surface area contributed by atoms with Crippen LogP contribution < -0.4 is 10.5 Å². The summed E-state index contributed by atoms with van der Waals surface area (Å²) in [5, 5.41) is 0.484. The van der Waals surface area contributed by atoms with Gasteiger partial charge >= 0.3 is 7.60 Å². The quantitative estimate of drug-likeness (QED) is 0.348. The number of aromatic nitrogens is 1. The van der Waals surface area contributed by atoms with Gasteiger partial charge in [-0.05, 0) is 48.7 Å². The van der Waals surface area contributed by atoms with Crippen LogP contribution in [0.2, 0.25) is 0 Å². The molecule has 0 unspecified atom stereocenters. The molecule has 158 valence electrons. The normalized spacial score (nSPS) is 12.6.